The number of hydrogen-bond donors (Lipinski definition) is 1. The van der Waals surface area contributed by atoms with Crippen molar-refractivity contribution in [2.24, 2.45) is 5.73 Å². The van der Waals surface area contributed by atoms with Gasteiger partial charge in [-0.05, 0) is 43.7 Å². The molecule has 0 aromatic heterocycles. The fourth-order valence-electron chi connectivity index (χ4n) is 2.57. The van der Waals surface area contributed by atoms with Gasteiger partial charge in [0.25, 0.3) is 0 Å². The molecule has 1 unspecified atom stereocenters. The third-order valence-electron chi connectivity index (χ3n) is 3.73. The average molecular weight is 301 g/mol. The van der Waals surface area contributed by atoms with E-state index in [4.69, 9.17) is 15.2 Å². The van der Waals surface area contributed by atoms with E-state index >= 15 is 0 Å². The van der Waals surface area contributed by atoms with Crippen molar-refractivity contribution < 1.29 is 9.47 Å². The first-order valence-electron chi connectivity index (χ1n) is 7.04. The van der Waals surface area contributed by atoms with Crippen LogP contribution in [0.4, 0.5) is 0 Å². The number of rotatable bonds is 6. The molecule has 0 saturated carbocycles. The lowest BCUT2D eigenvalue weighted by Gasteiger charge is -2.34. The summed E-state index contributed by atoms with van der Waals surface area (Å²) in [6.45, 7) is 3.56. The zero-order valence-electron chi connectivity index (χ0n) is 12.1. The van der Waals surface area contributed by atoms with Gasteiger partial charge in [-0.2, -0.15) is 0 Å². The van der Waals surface area contributed by atoms with Gasteiger partial charge in [-0.15, -0.1) is 12.4 Å². The summed E-state index contributed by atoms with van der Waals surface area (Å²) in [6.07, 6.45) is 3.80. The van der Waals surface area contributed by atoms with Gasteiger partial charge in [-0.1, -0.05) is 6.42 Å². The second kappa shape index (κ2) is 9.06. The number of nitrogens with two attached hydrogens (primary N) is 1. The van der Waals surface area contributed by atoms with Crippen LogP contribution in [0, 0.1) is 0 Å². The van der Waals surface area contributed by atoms with E-state index in [-0.39, 0.29) is 12.4 Å². The maximum atomic E-state index is 5.81. The van der Waals surface area contributed by atoms with E-state index < -0.39 is 0 Å². The van der Waals surface area contributed by atoms with Gasteiger partial charge in [0.05, 0.1) is 7.11 Å². The third kappa shape index (κ3) is 4.85. The number of piperidine rings is 1. The molecule has 0 bridgehead atoms. The number of hydrogen-bond acceptors (Lipinski definition) is 4. The van der Waals surface area contributed by atoms with E-state index in [9.17, 15) is 0 Å². The minimum atomic E-state index is 0. The Morgan fingerprint density at radius 1 is 1.20 bits per heavy atom. The summed E-state index contributed by atoms with van der Waals surface area (Å²) in [5.41, 5.74) is 5.81. The van der Waals surface area contributed by atoms with Crippen molar-refractivity contribution in [2.75, 3.05) is 33.4 Å². The number of halogens is 1. The smallest absolute Gasteiger partial charge is 0.119 e. The molecule has 0 amide bonds. The maximum Gasteiger partial charge on any atom is 0.119 e. The van der Waals surface area contributed by atoms with Crippen LogP contribution < -0.4 is 15.2 Å². The Balaban J connectivity index is 0.00000200. The zero-order valence-corrected chi connectivity index (χ0v) is 12.9. The summed E-state index contributed by atoms with van der Waals surface area (Å²) in [4.78, 5) is 2.45. The Labute approximate surface area is 127 Å². The molecule has 0 aliphatic carbocycles. The highest BCUT2D eigenvalue weighted by molar-refractivity contribution is 5.85. The molecular weight excluding hydrogens is 276 g/mol. The highest BCUT2D eigenvalue weighted by Crippen LogP contribution is 2.18. The molecule has 1 saturated heterocycles. The fraction of sp³-hybridized carbons (Fsp3) is 0.600. The summed E-state index contributed by atoms with van der Waals surface area (Å²) in [5.74, 6) is 1.74. The molecule has 1 aromatic carbocycles. The number of nitrogens with zero attached hydrogens (tertiary/aromatic N) is 1. The summed E-state index contributed by atoms with van der Waals surface area (Å²) in [6, 6.07) is 8.25. The van der Waals surface area contributed by atoms with Crippen molar-refractivity contribution in [3.8, 4) is 11.5 Å². The predicted molar refractivity (Wildman–Crippen MR) is 84.0 cm³/mol. The highest BCUT2D eigenvalue weighted by atomic mass is 35.5. The Morgan fingerprint density at radius 3 is 2.55 bits per heavy atom. The van der Waals surface area contributed by atoms with E-state index in [1.54, 1.807) is 7.11 Å². The lowest BCUT2D eigenvalue weighted by molar-refractivity contribution is 0.127. The second-order valence-electron chi connectivity index (χ2n) is 4.95. The quantitative estimate of drug-likeness (QED) is 0.876. The first-order chi connectivity index (χ1) is 9.33. The van der Waals surface area contributed by atoms with Crippen LogP contribution in [-0.4, -0.2) is 44.3 Å². The monoisotopic (exact) mass is 300 g/mol. The number of benzene rings is 1. The van der Waals surface area contributed by atoms with E-state index in [0.717, 1.165) is 31.1 Å². The average Bonchev–Trinajstić information content (AvgIpc) is 2.48. The van der Waals surface area contributed by atoms with Crippen LogP contribution in [0.5, 0.6) is 11.5 Å². The van der Waals surface area contributed by atoms with Crippen LogP contribution in [0.15, 0.2) is 24.3 Å². The molecule has 1 aromatic rings. The lowest BCUT2D eigenvalue weighted by atomic mass is 10.0. The third-order valence-corrected chi connectivity index (χ3v) is 3.73. The van der Waals surface area contributed by atoms with Crippen LogP contribution >= 0.6 is 12.4 Å². The molecule has 0 radical (unpaired) electrons. The maximum absolute atomic E-state index is 5.81. The van der Waals surface area contributed by atoms with Crippen molar-refractivity contribution >= 4 is 12.4 Å². The molecule has 114 valence electrons. The molecule has 1 atom stereocenters. The molecule has 2 N–H and O–H groups in total. The summed E-state index contributed by atoms with van der Waals surface area (Å²) >= 11 is 0. The Kier molecular flexibility index (Phi) is 7.73. The number of methoxy groups -OCH3 is 1. The molecule has 0 spiro atoms. The first kappa shape index (κ1) is 17.1. The molecule has 1 heterocycles. The van der Waals surface area contributed by atoms with Crippen molar-refractivity contribution in [1.29, 1.82) is 0 Å². The Bertz CT molecular complexity index is 373. The first-order valence-corrected chi connectivity index (χ1v) is 7.04. The van der Waals surface area contributed by atoms with E-state index in [2.05, 4.69) is 4.90 Å². The van der Waals surface area contributed by atoms with Gasteiger partial charge in [0, 0.05) is 19.1 Å². The van der Waals surface area contributed by atoms with Crippen LogP contribution in [0.25, 0.3) is 0 Å². The largest absolute Gasteiger partial charge is 0.497 e. The van der Waals surface area contributed by atoms with E-state index in [1.165, 1.54) is 19.3 Å². The topological polar surface area (TPSA) is 47.7 Å². The number of likely N-dealkylation sites (tertiary alicyclic amines) is 1. The normalized spacial score (nSPS) is 19.2. The molecule has 2 rings (SSSR count). The van der Waals surface area contributed by atoms with Crippen molar-refractivity contribution in [2.45, 2.75) is 25.3 Å². The molecule has 1 aliphatic heterocycles. The second-order valence-corrected chi connectivity index (χ2v) is 4.95. The fourth-order valence-corrected chi connectivity index (χ4v) is 2.57. The van der Waals surface area contributed by atoms with Gasteiger partial charge in [-0.3, -0.25) is 4.90 Å². The molecular formula is C15H25ClN2O2. The molecule has 1 aliphatic rings. The van der Waals surface area contributed by atoms with Gasteiger partial charge in [0.15, 0.2) is 0 Å². The van der Waals surface area contributed by atoms with E-state index in [0.29, 0.717) is 12.6 Å². The van der Waals surface area contributed by atoms with Gasteiger partial charge < -0.3 is 15.2 Å². The lowest BCUT2D eigenvalue weighted by Crippen LogP contribution is -2.45. The van der Waals surface area contributed by atoms with Crippen molar-refractivity contribution in [3.63, 3.8) is 0 Å². The van der Waals surface area contributed by atoms with Crippen molar-refractivity contribution in [3.05, 3.63) is 24.3 Å². The summed E-state index contributed by atoms with van der Waals surface area (Å²) in [7, 11) is 1.67. The van der Waals surface area contributed by atoms with Gasteiger partial charge in [-0.25, -0.2) is 0 Å². The van der Waals surface area contributed by atoms with Gasteiger partial charge in [0.2, 0.25) is 0 Å². The summed E-state index contributed by atoms with van der Waals surface area (Å²) < 4.78 is 10.9. The van der Waals surface area contributed by atoms with Gasteiger partial charge >= 0.3 is 0 Å². The molecule has 20 heavy (non-hydrogen) atoms. The minimum absolute atomic E-state index is 0. The SMILES string of the molecule is COc1ccc(OCCN2CCCCC2CN)cc1.Cl. The van der Waals surface area contributed by atoms with Crippen LogP contribution in [-0.2, 0) is 0 Å². The molecule has 4 nitrogen and oxygen atoms in total. The zero-order chi connectivity index (χ0) is 13.5. The van der Waals surface area contributed by atoms with Crippen molar-refractivity contribution in [1.82, 2.24) is 4.90 Å². The summed E-state index contributed by atoms with van der Waals surface area (Å²) in [5, 5.41) is 0. The van der Waals surface area contributed by atoms with E-state index in [1.807, 2.05) is 24.3 Å². The van der Waals surface area contributed by atoms with Crippen LogP contribution in [0.3, 0.4) is 0 Å². The Hall–Kier alpha value is -0.970. The standard InChI is InChI=1S/C15H24N2O2.ClH/c1-18-14-5-7-15(8-6-14)19-11-10-17-9-3-2-4-13(17)12-16;/h5-8,13H,2-4,9-12,16H2,1H3;1H. The minimum Gasteiger partial charge on any atom is -0.497 e. The molecule has 1 fully saturated rings. The van der Waals surface area contributed by atoms with Crippen LogP contribution in [0.1, 0.15) is 19.3 Å². The van der Waals surface area contributed by atoms with Crippen LogP contribution in [0.2, 0.25) is 0 Å². The highest BCUT2D eigenvalue weighted by Gasteiger charge is 2.20. The number of ether oxygens (including phenoxy) is 2. The van der Waals surface area contributed by atoms with Gasteiger partial charge in [0.1, 0.15) is 18.1 Å². The predicted octanol–water partition coefficient (Wildman–Crippen LogP) is 2.31. The Morgan fingerprint density at radius 2 is 1.90 bits per heavy atom. The molecule has 5 heteroatoms.